The maximum Gasteiger partial charge on any atom is 0.309 e. The van der Waals surface area contributed by atoms with E-state index in [0.29, 0.717) is 36.4 Å². The number of ether oxygens (including phenoxy) is 7. The summed E-state index contributed by atoms with van der Waals surface area (Å²) in [6.45, 7) is 17.1. The van der Waals surface area contributed by atoms with Gasteiger partial charge in [-0.1, -0.05) is 69.3 Å². The highest BCUT2D eigenvalue weighted by molar-refractivity contribution is 5.88. The van der Waals surface area contributed by atoms with Gasteiger partial charge in [-0.25, -0.2) is 9.07 Å². The summed E-state index contributed by atoms with van der Waals surface area (Å²) >= 11 is 0. The fourth-order valence-electron chi connectivity index (χ4n) is 12.4. The number of cyclic esters (lactones) is 1. The lowest BCUT2D eigenvalue weighted by Gasteiger charge is -2.52. The van der Waals surface area contributed by atoms with Crippen molar-refractivity contribution < 1.29 is 72.7 Å². The van der Waals surface area contributed by atoms with Gasteiger partial charge >= 0.3 is 5.97 Å². The molecule has 0 amide bonds. The number of esters is 1. The standard InChI is InChI=1S/C57H89FN6O15/c1-15-44-57(10,71)50(68)35(6)47(61-75-30-72-12)31(2)25-56(9,74-14)52(33(4)46(34(5)53(70)78-44)43-26-55(8,73-13)51(69)36(7)77-43)79-54-49(67)41(24-32(3)76-54)63(11)23-22-40-29-64(62-60-40)42(27-58)48(66)38-18-16-37(17-19-38)39-20-21-45(65)59-28-39/h16-21,28-29,31-36,41-44,46,48-52,54,66-69,71H,15,22-27,30H2,1-14H3,(H,59,65)/b61-47+/t31-,32-,33+,34-,35+,36+,41+,42?,43-,44-,46?,48-,49-,50-,51+,52-,54+,55-,56-,57-/m1/s1. The summed E-state index contributed by atoms with van der Waals surface area (Å²) in [4.78, 5) is 36.6. The number of aromatic amines is 1. The molecule has 3 aliphatic rings. The van der Waals surface area contributed by atoms with Crippen LogP contribution in [0, 0.1) is 29.6 Å². The summed E-state index contributed by atoms with van der Waals surface area (Å²) in [6.07, 6.45) is -5.82. The molecule has 0 aliphatic carbocycles. The van der Waals surface area contributed by atoms with Crippen LogP contribution in [-0.4, -0.2) is 188 Å². The molecule has 3 aromatic rings. The highest BCUT2D eigenvalue weighted by Gasteiger charge is 2.56. The molecule has 3 fully saturated rings. The Morgan fingerprint density at radius 1 is 0.924 bits per heavy atom. The number of carbonyl (C=O) groups is 1. The molecule has 5 heterocycles. The van der Waals surface area contributed by atoms with Gasteiger partial charge in [0.15, 0.2) is 6.29 Å². The molecule has 0 spiro atoms. The Morgan fingerprint density at radius 3 is 2.20 bits per heavy atom. The first-order chi connectivity index (χ1) is 37.3. The Bertz CT molecular complexity index is 2480. The largest absolute Gasteiger partial charge is 0.459 e. The SMILES string of the molecule is CC[C@H]1OC(=O)[C@H](C)C([C@H]2C[C@@](C)(OC)[C@@H](O)[C@H](C)O2)[C@H](C)[C@@H](O[C@@H]2O[C@H](C)C[C@H](N(C)CCc3cn(C(CF)[C@H](O)c4ccc(-c5ccc(=O)[nH]c5)cc4)nn3)[C@H]2O)[C@](C)(OC)C[C@@H](C)/C(=N\OCOC)[C@H](C)[C@@H](O)[C@]1(C)O. The van der Waals surface area contributed by atoms with Crippen LogP contribution in [0.4, 0.5) is 4.39 Å². The lowest BCUT2D eigenvalue weighted by molar-refractivity contribution is -0.305. The van der Waals surface area contributed by atoms with Crippen LogP contribution in [0.1, 0.15) is 118 Å². The van der Waals surface area contributed by atoms with Gasteiger partial charge in [0.1, 0.15) is 42.7 Å². The number of oxime groups is 1. The summed E-state index contributed by atoms with van der Waals surface area (Å²) in [6, 6.07) is 8.51. The van der Waals surface area contributed by atoms with Gasteiger partial charge in [-0.2, -0.15) is 0 Å². The molecule has 3 aliphatic heterocycles. The second kappa shape index (κ2) is 27.2. The van der Waals surface area contributed by atoms with Gasteiger partial charge in [-0.3, -0.25) is 9.59 Å². The van der Waals surface area contributed by atoms with Crippen LogP contribution in [0.3, 0.4) is 0 Å². The number of pyridine rings is 1. The van der Waals surface area contributed by atoms with Gasteiger partial charge in [-0.05, 0) is 89.6 Å². The van der Waals surface area contributed by atoms with Gasteiger partial charge in [0.2, 0.25) is 12.4 Å². The minimum Gasteiger partial charge on any atom is -0.459 e. The number of hydrogen-bond acceptors (Lipinski definition) is 19. The highest BCUT2D eigenvalue weighted by Crippen LogP contribution is 2.46. The number of likely N-dealkylation sites (N-methyl/N-ethyl adjacent to an activating group) is 1. The number of nitrogens with one attached hydrogen (secondary N) is 1. The number of methoxy groups -OCH3 is 3. The number of H-pyrrole nitrogens is 1. The second-order valence-electron chi connectivity index (χ2n) is 23.1. The predicted octanol–water partition coefficient (Wildman–Crippen LogP) is 4.92. The van der Waals surface area contributed by atoms with Crippen LogP contribution in [0.2, 0.25) is 0 Å². The zero-order valence-electron chi connectivity index (χ0n) is 48.5. The van der Waals surface area contributed by atoms with Crippen molar-refractivity contribution in [1.29, 1.82) is 0 Å². The van der Waals surface area contributed by atoms with Crippen molar-refractivity contribution >= 4 is 11.7 Å². The lowest BCUT2D eigenvalue weighted by atomic mass is 9.67. The number of benzene rings is 1. The van der Waals surface area contributed by atoms with Crippen LogP contribution in [0.25, 0.3) is 11.1 Å². The third-order valence-corrected chi connectivity index (χ3v) is 17.4. The summed E-state index contributed by atoms with van der Waals surface area (Å²) in [5.74, 6) is -4.43. The van der Waals surface area contributed by atoms with E-state index in [2.05, 4.69) is 20.5 Å². The van der Waals surface area contributed by atoms with Gasteiger partial charge < -0.3 is 73.4 Å². The van der Waals surface area contributed by atoms with Crippen molar-refractivity contribution in [3.8, 4) is 11.1 Å². The van der Waals surface area contributed by atoms with Crippen molar-refractivity contribution in [2.45, 2.75) is 191 Å². The number of aliphatic hydroxyl groups is 5. The summed E-state index contributed by atoms with van der Waals surface area (Å²) in [7, 11) is 6.40. The smallest absolute Gasteiger partial charge is 0.309 e. The molecule has 0 radical (unpaired) electrons. The quantitative estimate of drug-likeness (QED) is 0.0427. The number of halogens is 1. The van der Waals surface area contributed by atoms with Crippen molar-refractivity contribution in [1.82, 2.24) is 24.9 Å². The fraction of sp³-hybridized carbons (Fsp3) is 0.737. The number of alkyl halides is 1. The van der Waals surface area contributed by atoms with E-state index in [4.69, 9.17) is 38.0 Å². The first kappa shape index (κ1) is 63.9. The Morgan fingerprint density at radius 2 is 1.59 bits per heavy atom. The maximum atomic E-state index is 14.8. The van der Waals surface area contributed by atoms with Crippen LogP contribution in [-0.2, 0) is 49.2 Å². The third kappa shape index (κ3) is 14.3. The van der Waals surface area contributed by atoms with Gasteiger partial charge in [0.25, 0.3) is 0 Å². The number of rotatable bonds is 18. The molecular weight excluding hydrogens is 1030 g/mol. The third-order valence-electron chi connectivity index (χ3n) is 17.4. The fourth-order valence-corrected chi connectivity index (χ4v) is 12.4. The Balaban J connectivity index is 1.31. The van der Waals surface area contributed by atoms with Crippen molar-refractivity contribution in [2.24, 2.45) is 34.7 Å². The molecule has 444 valence electrons. The van der Waals surface area contributed by atoms with E-state index in [9.17, 15) is 39.5 Å². The molecule has 2 unspecified atom stereocenters. The van der Waals surface area contributed by atoms with Crippen LogP contribution >= 0.6 is 0 Å². The molecule has 21 nitrogen and oxygen atoms in total. The van der Waals surface area contributed by atoms with E-state index in [1.165, 1.54) is 31.9 Å². The normalized spacial score (nSPS) is 37.6. The minimum absolute atomic E-state index is 0.156. The number of aliphatic hydroxyl groups excluding tert-OH is 4. The Hall–Kier alpha value is -4.30. The average Bonchev–Trinajstić information content (AvgIpc) is 3.96. The molecule has 20 atom stereocenters. The highest BCUT2D eigenvalue weighted by atomic mass is 19.1. The summed E-state index contributed by atoms with van der Waals surface area (Å²) < 4.78 is 60.4. The molecular formula is C57H89FN6O15. The molecule has 6 N–H and O–H groups in total. The second-order valence-corrected chi connectivity index (χ2v) is 23.1. The Kier molecular flexibility index (Phi) is 22.0. The first-order valence-electron chi connectivity index (χ1n) is 27.7. The summed E-state index contributed by atoms with van der Waals surface area (Å²) in [5.41, 5.74) is -1.59. The van der Waals surface area contributed by atoms with E-state index in [0.717, 1.165) is 11.1 Å². The van der Waals surface area contributed by atoms with E-state index >= 15 is 0 Å². The molecule has 0 saturated carbocycles. The number of carbonyl (C=O) groups excluding carboxylic acids is 1. The minimum atomic E-state index is -1.96. The number of aromatic nitrogens is 4. The maximum absolute atomic E-state index is 14.8. The molecule has 0 bridgehead atoms. The summed E-state index contributed by atoms with van der Waals surface area (Å²) in [5, 5.41) is 72.5. The number of nitrogens with zero attached hydrogens (tertiary/aromatic N) is 5. The van der Waals surface area contributed by atoms with Crippen molar-refractivity contribution in [3.63, 3.8) is 0 Å². The lowest BCUT2D eigenvalue weighted by Crippen LogP contribution is -2.62. The van der Waals surface area contributed by atoms with E-state index in [1.54, 1.807) is 84.5 Å². The molecule has 79 heavy (non-hydrogen) atoms. The Labute approximate surface area is 464 Å². The molecule has 6 rings (SSSR count). The number of hydrogen-bond donors (Lipinski definition) is 6. The first-order valence-corrected chi connectivity index (χ1v) is 27.7. The van der Waals surface area contributed by atoms with E-state index < -0.39 is 132 Å². The average molecular weight is 1120 g/mol. The zero-order valence-corrected chi connectivity index (χ0v) is 48.5. The van der Waals surface area contributed by atoms with E-state index in [1.807, 2.05) is 39.6 Å². The van der Waals surface area contributed by atoms with Gasteiger partial charge in [-0.15, -0.1) is 5.10 Å². The van der Waals surface area contributed by atoms with Crippen LogP contribution in [0.15, 0.2) is 58.7 Å². The van der Waals surface area contributed by atoms with Crippen molar-refractivity contribution in [3.05, 3.63) is 70.4 Å². The molecule has 2 aromatic heterocycles. The van der Waals surface area contributed by atoms with Gasteiger partial charge in [0, 0.05) is 83.0 Å². The van der Waals surface area contributed by atoms with Gasteiger partial charge in [0.05, 0.1) is 59.0 Å². The molecule has 3 saturated heterocycles. The molecule has 1 aromatic carbocycles. The van der Waals surface area contributed by atoms with E-state index in [-0.39, 0.29) is 31.6 Å². The molecule has 22 heteroatoms. The van der Waals surface area contributed by atoms with Crippen LogP contribution < -0.4 is 5.56 Å². The zero-order chi connectivity index (χ0) is 58.3. The topological polar surface area (TPSA) is 271 Å². The predicted molar refractivity (Wildman–Crippen MR) is 290 cm³/mol. The van der Waals surface area contributed by atoms with Crippen LogP contribution in [0.5, 0.6) is 0 Å². The monoisotopic (exact) mass is 1120 g/mol. The van der Waals surface area contributed by atoms with Crippen molar-refractivity contribution in [2.75, 3.05) is 48.4 Å².